The minimum absolute atomic E-state index is 0.00523. The van der Waals surface area contributed by atoms with Crippen LogP contribution in [0.15, 0.2) is 42.5 Å². The Kier molecular flexibility index (Phi) is 5.71. The normalized spacial score (nSPS) is 13.1. The second-order valence-electron chi connectivity index (χ2n) is 6.07. The summed E-state index contributed by atoms with van der Waals surface area (Å²) in [7, 11) is -3.58. The summed E-state index contributed by atoms with van der Waals surface area (Å²) in [5.41, 5.74) is 1.63. The van der Waals surface area contributed by atoms with Gasteiger partial charge in [0.1, 0.15) is 0 Å². The summed E-state index contributed by atoms with van der Waals surface area (Å²) in [5, 5.41) is 15.6. The van der Waals surface area contributed by atoms with Gasteiger partial charge in [0.2, 0.25) is 10.0 Å². The Morgan fingerprint density at radius 2 is 2.00 bits per heavy atom. The number of anilines is 2. The molecular formula is C17H17ClN4O5S. The molecule has 0 saturated carbocycles. The molecule has 1 aliphatic rings. The number of nitro benzene ring substituents is 1. The number of urea groups is 1. The van der Waals surface area contributed by atoms with Gasteiger partial charge in [-0.25, -0.2) is 13.2 Å². The van der Waals surface area contributed by atoms with Crippen LogP contribution in [-0.4, -0.2) is 38.2 Å². The molecule has 0 spiro atoms. The highest BCUT2D eigenvalue weighted by Gasteiger charge is 2.28. The van der Waals surface area contributed by atoms with Crippen molar-refractivity contribution >= 4 is 44.7 Å². The Bertz CT molecular complexity index is 1030. The van der Waals surface area contributed by atoms with Crippen LogP contribution in [0.25, 0.3) is 0 Å². The molecule has 0 radical (unpaired) electrons. The molecule has 0 bridgehead atoms. The summed E-state index contributed by atoms with van der Waals surface area (Å²) in [5.74, 6) is -0.261. The Labute approximate surface area is 166 Å². The fraction of sp³-hybridized carbons (Fsp3) is 0.235. The molecule has 28 heavy (non-hydrogen) atoms. The average Bonchev–Trinajstić information content (AvgIpc) is 3.08. The largest absolute Gasteiger partial charge is 0.337 e. The number of benzene rings is 2. The van der Waals surface area contributed by atoms with Crippen molar-refractivity contribution in [1.29, 1.82) is 0 Å². The predicted octanol–water partition coefficient (Wildman–Crippen LogP) is 2.76. The summed E-state index contributed by atoms with van der Waals surface area (Å²) in [4.78, 5) is 22.1. The van der Waals surface area contributed by atoms with Crippen LogP contribution in [0, 0.1) is 10.1 Å². The monoisotopic (exact) mass is 424 g/mol. The number of nitrogens with zero attached hydrogens (tertiary/aromatic N) is 2. The Morgan fingerprint density at radius 1 is 1.25 bits per heavy atom. The molecule has 11 heteroatoms. The maximum absolute atomic E-state index is 12.6. The van der Waals surface area contributed by atoms with E-state index in [1.165, 1.54) is 16.4 Å². The van der Waals surface area contributed by atoms with E-state index in [0.717, 1.165) is 11.6 Å². The Hall–Kier alpha value is -2.85. The zero-order valence-corrected chi connectivity index (χ0v) is 16.2. The number of nitrogens with one attached hydrogen (secondary N) is 2. The lowest BCUT2D eigenvalue weighted by Crippen LogP contribution is -2.38. The van der Waals surface area contributed by atoms with Gasteiger partial charge in [-0.3, -0.25) is 14.4 Å². The van der Waals surface area contributed by atoms with Crippen LogP contribution in [0.5, 0.6) is 0 Å². The van der Waals surface area contributed by atoms with E-state index in [1.807, 2.05) is 12.1 Å². The van der Waals surface area contributed by atoms with Gasteiger partial charge in [-0.15, -0.1) is 0 Å². The number of carbonyl (C=O) groups excluding carboxylic acids is 1. The molecule has 0 fully saturated rings. The smallest absolute Gasteiger partial charge is 0.319 e. The van der Waals surface area contributed by atoms with Crippen molar-refractivity contribution in [3.05, 3.63) is 63.2 Å². The lowest BCUT2D eigenvalue weighted by atomic mass is 10.2. The van der Waals surface area contributed by atoms with Gasteiger partial charge in [0.15, 0.2) is 0 Å². The van der Waals surface area contributed by atoms with E-state index in [4.69, 9.17) is 11.6 Å². The van der Waals surface area contributed by atoms with E-state index in [-0.39, 0.29) is 28.7 Å². The highest BCUT2D eigenvalue weighted by atomic mass is 35.5. The molecule has 1 aliphatic heterocycles. The third-order valence-electron chi connectivity index (χ3n) is 4.24. The van der Waals surface area contributed by atoms with Gasteiger partial charge in [-0.05, 0) is 24.1 Å². The standard InChI is InChI=1S/C17H17ClN4O5S/c18-14-11-13(22(24)25)5-6-15(14)20-17(23)19-8-10-28(26,27)21-9-7-12-3-1-2-4-16(12)21/h1-6,11H,7-10H2,(H2,19,20,23). The molecule has 0 atom stereocenters. The Balaban J connectivity index is 1.55. The minimum atomic E-state index is -3.58. The second-order valence-corrected chi connectivity index (χ2v) is 8.49. The van der Waals surface area contributed by atoms with Crippen LogP contribution in [-0.2, 0) is 16.4 Å². The summed E-state index contributed by atoms with van der Waals surface area (Å²) >= 11 is 5.91. The minimum Gasteiger partial charge on any atom is -0.337 e. The first-order chi connectivity index (χ1) is 13.3. The lowest BCUT2D eigenvalue weighted by Gasteiger charge is -2.19. The number of nitro groups is 1. The number of fused-ring (bicyclic) bond motifs is 1. The molecule has 0 aliphatic carbocycles. The number of sulfonamides is 1. The number of para-hydroxylation sites is 1. The highest BCUT2D eigenvalue weighted by molar-refractivity contribution is 7.92. The van der Waals surface area contributed by atoms with E-state index in [2.05, 4.69) is 10.6 Å². The molecule has 1 heterocycles. The fourth-order valence-electron chi connectivity index (χ4n) is 2.89. The van der Waals surface area contributed by atoms with Gasteiger partial charge >= 0.3 is 6.03 Å². The number of non-ortho nitro benzene ring substituents is 1. The van der Waals surface area contributed by atoms with Gasteiger partial charge in [-0.1, -0.05) is 29.8 Å². The number of carbonyl (C=O) groups is 1. The predicted molar refractivity (Wildman–Crippen MR) is 106 cm³/mol. The van der Waals surface area contributed by atoms with Crippen LogP contribution in [0.3, 0.4) is 0 Å². The molecule has 2 amide bonds. The van der Waals surface area contributed by atoms with Crippen LogP contribution in [0.1, 0.15) is 5.56 Å². The molecule has 0 unspecified atom stereocenters. The van der Waals surface area contributed by atoms with Crippen molar-refractivity contribution < 1.29 is 18.1 Å². The molecule has 0 saturated heterocycles. The van der Waals surface area contributed by atoms with Crippen molar-refractivity contribution in [1.82, 2.24) is 5.32 Å². The number of amides is 2. The Morgan fingerprint density at radius 3 is 2.71 bits per heavy atom. The molecule has 0 aromatic heterocycles. The molecule has 9 nitrogen and oxygen atoms in total. The molecular weight excluding hydrogens is 408 g/mol. The third kappa shape index (κ3) is 4.34. The number of rotatable bonds is 6. The number of hydrogen-bond donors (Lipinski definition) is 2. The van der Waals surface area contributed by atoms with E-state index in [0.29, 0.717) is 18.7 Å². The molecule has 3 rings (SSSR count). The second kappa shape index (κ2) is 8.03. The maximum Gasteiger partial charge on any atom is 0.319 e. The molecule has 2 N–H and O–H groups in total. The SMILES string of the molecule is O=C(NCCS(=O)(=O)N1CCc2ccccc21)Nc1ccc([N+](=O)[O-])cc1Cl. The first kappa shape index (κ1) is 19.9. The molecule has 148 valence electrons. The van der Waals surface area contributed by atoms with Crippen LogP contribution < -0.4 is 14.9 Å². The summed E-state index contributed by atoms with van der Waals surface area (Å²) in [6.07, 6.45) is 0.655. The topological polar surface area (TPSA) is 122 Å². The highest BCUT2D eigenvalue weighted by Crippen LogP contribution is 2.30. The van der Waals surface area contributed by atoms with Crippen molar-refractivity contribution in [2.75, 3.05) is 28.5 Å². The molecule has 2 aromatic carbocycles. The van der Waals surface area contributed by atoms with Gasteiger partial charge in [0.25, 0.3) is 5.69 Å². The maximum atomic E-state index is 12.6. The van der Waals surface area contributed by atoms with Crippen molar-refractivity contribution in [2.45, 2.75) is 6.42 Å². The zero-order valence-electron chi connectivity index (χ0n) is 14.6. The van der Waals surface area contributed by atoms with Crippen LogP contribution >= 0.6 is 11.6 Å². The number of hydrogen-bond acceptors (Lipinski definition) is 5. The van der Waals surface area contributed by atoms with Crippen molar-refractivity contribution in [3.63, 3.8) is 0 Å². The average molecular weight is 425 g/mol. The lowest BCUT2D eigenvalue weighted by molar-refractivity contribution is -0.384. The van der Waals surface area contributed by atoms with Crippen LogP contribution in [0.4, 0.5) is 21.9 Å². The van der Waals surface area contributed by atoms with Gasteiger partial charge in [0.05, 0.1) is 27.1 Å². The fourth-order valence-corrected chi connectivity index (χ4v) is 4.54. The van der Waals surface area contributed by atoms with E-state index in [9.17, 15) is 23.3 Å². The zero-order chi connectivity index (χ0) is 20.3. The first-order valence-corrected chi connectivity index (χ1v) is 10.3. The van der Waals surface area contributed by atoms with E-state index in [1.54, 1.807) is 12.1 Å². The van der Waals surface area contributed by atoms with Crippen LogP contribution in [0.2, 0.25) is 5.02 Å². The summed E-state index contributed by atoms with van der Waals surface area (Å²) < 4.78 is 26.5. The van der Waals surface area contributed by atoms with Gasteiger partial charge in [-0.2, -0.15) is 0 Å². The van der Waals surface area contributed by atoms with Gasteiger partial charge in [0, 0.05) is 25.2 Å². The van der Waals surface area contributed by atoms with Gasteiger partial charge < -0.3 is 10.6 Å². The quantitative estimate of drug-likeness (QED) is 0.545. The summed E-state index contributed by atoms with van der Waals surface area (Å²) in [6, 6.07) is 10.3. The third-order valence-corrected chi connectivity index (χ3v) is 6.32. The number of halogens is 1. The van der Waals surface area contributed by atoms with E-state index < -0.39 is 21.0 Å². The van der Waals surface area contributed by atoms with E-state index >= 15 is 0 Å². The molecule has 2 aromatic rings. The first-order valence-electron chi connectivity index (χ1n) is 8.35. The van der Waals surface area contributed by atoms with Crippen molar-refractivity contribution in [2.24, 2.45) is 0 Å². The van der Waals surface area contributed by atoms with Crippen molar-refractivity contribution in [3.8, 4) is 0 Å². The summed E-state index contributed by atoms with van der Waals surface area (Å²) in [6.45, 7) is 0.281.